The van der Waals surface area contributed by atoms with Crippen molar-refractivity contribution in [2.45, 2.75) is 19.5 Å². The highest BCUT2D eigenvalue weighted by molar-refractivity contribution is 5.89. The van der Waals surface area contributed by atoms with Gasteiger partial charge in [0.1, 0.15) is 0 Å². The highest BCUT2D eigenvalue weighted by atomic mass is 16.5. The molecule has 21 heavy (non-hydrogen) atoms. The fourth-order valence-electron chi connectivity index (χ4n) is 2.81. The first-order valence-corrected chi connectivity index (χ1v) is 7.22. The minimum absolute atomic E-state index is 0.284. The molecule has 0 radical (unpaired) electrons. The molecule has 2 aromatic rings. The van der Waals surface area contributed by atoms with Crippen molar-refractivity contribution in [1.29, 1.82) is 0 Å². The smallest absolute Gasteiger partial charge is 0.337 e. The molecule has 0 fully saturated rings. The van der Waals surface area contributed by atoms with Crippen LogP contribution in [0.3, 0.4) is 0 Å². The number of rotatable bonds is 3. The van der Waals surface area contributed by atoms with Crippen LogP contribution in [0.4, 0.5) is 0 Å². The van der Waals surface area contributed by atoms with Crippen LogP contribution >= 0.6 is 0 Å². The van der Waals surface area contributed by atoms with Crippen molar-refractivity contribution in [2.75, 3.05) is 13.7 Å². The molecule has 0 atom stereocenters. The van der Waals surface area contributed by atoms with Crippen LogP contribution < -0.4 is 0 Å². The van der Waals surface area contributed by atoms with E-state index in [-0.39, 0.29) is 5.97 Å². The van der Waals surface area contributed by atoms with Gasteiger partial charge in [0.2, 0.25) is 0 Å². The quantitative estimate of drug-likeness (QED) is 0.810. The molecule has 3 rings (SSSR count). The van der Waals surface area contributed by atoms with Crippen molar-refractivity contribution >= 4 is 5.97 Å². The Bertz CT molecular complexity index is 634. The number of ether oxygens (including phenoxy) is 1. The number of nitrogens with zero attached hydrogens (tertiary/aromatic N) is 1. The van der Waals surface area contributed by atoms with Gasteiger partial charge in [-0.05, 0) is 35.2 Å². The number of carbonyl (C=O) groups is 1. The number of benzene rings is 2. The standard InChI is InChI=1S/C18H19NO2/c1-21-18(20)16-8-6-14(7-9-16)12-19-11-10-15-4-2-3-5-17(15)13-19/h2-9H,10-13H2,1H3. The van der Waals surface area contributed by atoms with Gasteiger partial charge in [-0.15, -0.1) is 0 Å². The molecule has 0 N–H and O–H groups in total. The molecule has 0 saturated carbocycles. The predicted octanol–water partition coefficient (Wildman–Crippen LogP) is 3.03. The van der Waals surface area contributed by atoms with Crippen LogP contribution in [0.25, 0.3) is 0 Å². The Morgan fingerprint density at radius 3 is 2.52 bits per heavy atom. The van der Waals surface area contributed by atoms with E-state index >= 15 is 0 Å². The molecule has 0 aliphatic carbocycles. The SMILES string of the molecule is COC(=O)c1ccc(CN2CCc3ccccc3C2)cc1. The Balaban J connectivity index is 1.66. The first kappa shape index (κ1) is 13.8. The largest absolute Gasteiger partial charge is 0.465 e. The van der Waals surface area contributed by atoms with Gasteiger partial charge in [0.15, 0.2) is 0 Å². The Morgan fingerprint density at radius 1 is 1.10 bits per heavy atom. The van der Waals surface area contributed by atoms with E-state index in [0.29, 0.717) is 5.56 Å². The molecule has 0 amide bonds. The van der Waals surface area contributed by atoms with Crippen molar-refractivity contribution in [3.63, 3.8) is 0 Å². The molecule has 2 aromatic carbocycles. The molecule has 0 spiro atoms. The lowest BCUT2D eigenvalue weighted by Crippen LogP contribution is -2.29. The third-order valence-corrected chi connectivity index (χ3v) is 3.99. The fourth-order valence-corrected chi connectivity index (χ4v) is 2.81. The van der Waals surface area contributed by atoms with Crippen molar-refractivity contribution in [2.24, 2.45) is 0 Å². The van der Waals surface area contributed by atoms with Crippen molar-refractivity contribution in [3.05, 3.63) is 70.8 Å². The molecule has 108 valence electrons. The first-order chi connectivity index (χ1) is 10.3. The molecule has 1 aliphatic rings. The van der Waals surface area contributed by atoms with E-state index in [9.17, 15) is 4.79 Å². The lowest BCUT2D eigenvalue weighted by atomic mass is 9.99. The van der Waals surface area contributed by atoms with Crippen molar-refractivity contribution in [3.8, 4) is 0 Å². The Kier molecular flexibility index (Phi) is 4.02. The number of esters is 1. The van der Waals surface area contributed by atoms with Gasteiger partial charge in [-0.2, -0.15) is 0 Å². The third-order valence-electron chi connectivity index (χ3n) is 3.99. The maximum Gasteiger partial charge on any atom is 0.337 e. The van der Waals surface area contributed by atoms with Gasteiger partial charge in [0.05, 0.1) is 12.7 Å². The van der Waals surface area contributed by atoms with Gasteiger partial charge in [-0.25, -0.2) is 4.79 Å². The summed E-state index contributed by atoms with van der Waals surface area (Å²) in [4.78, 5) is 13.9. The highest BCUT2D eigenvalue weighted by Gasteiger charge is 2.15. The summed E-state index contributed by atoms with van der Waals surface area (Å²) in [6.07, 6.45) is 1.11. The minimum Gasteiger partial charge on any atom is -0.465 e. The summed E-state index contributed by atoms with van der Waals surface area (Å²) >= 11 is 0. The molecule has 3 nitrogen and oxygen atoms in total. The number of carbonyl (C=O) groups excluding carboxylic acids is 1. The van der Waals surface area contributed by atoms with E-state index in [1.807, 2.05) is 24.3 Å². The summed E-state index contributed by atoms with van der Waals surface area (Å²) in [5.41, 5.74) is 4.72. The van der Waals surface area contributed by atoms with E-state index in [1.165, 1.54) is 23.8 Å². The van der Waals surface area contributed by atoms with Crippen LogP contribution in [0, 0.1) is 0 Å². The zero-order valence-corrected chi connectivity index (χ0v) is 12.2. The molecule has 3 heteroatoms. The molecular weight excluding hydrogens is 262 g/mol. The van der Waals surface area contributed by atoms with Gasteiger partial charge in [0, 0.05) is 19.6 Å². The van der Waals surface area contributed by atoms with E-state index in [1.54, 1.807) is 0 Å². The summed E-state index contributed by atoms with van der Waals surface area (Å²) in [7, 11) is 1.40. The molecule has 0 saturated heterocycles. The fraction of sp³-hybridized carbons (Fsp3) is 0.278. The second-order valence-corrected chi connectivity index (χ2v) is 5.42. The predicted molar refractivity (Wildman–Crippen MR) is 82.0 cm³/mol. The maximum atomic E-state index is 11.4. The molecule has 0 unspecified atom stereocenters. The third kappa shape index (κ3) is 3.14. The average molecular weight is 281 g/mol. The summed E-state index contributed by atoms with van der Waals surface area (Å²) < 4.78 is 4.72. The Hall–Kier alpha value is -2.13. The van der Waals surface area contributed by atoms with Crippen molar-refractivity contribution < 1.29 is 9.53 Å². The van der Waals surface area contributed by atoms with Crippen LogP contribution in [0.1, 0.15) is 27.0 Å². The number of hydrogen-bond acceptors (Lipinski definition) is 3. The maximum absolute atomic E-state index is 11.4. The van der Waals surface area contributed by atoms with Crippen LogP contribution in [-0.4, -0.2) is 24.5 Å². The van der Waals surface area contributed by atoms with Gasteiger partial charge in [-0.1, -0.05) is 36.4 Å². The van der Waals surface area contributed by atoms with Crippen LogP contribution in [0.15, 0.2) is 48.5 Å². The van der Waals surface area contributed by atoms with Crippen LogP contribution in [0.5, 0.6) is 0 Å². The number of fused-ring (bicyclic) bond motifs is 1. The van der Waals surface area contributed by atoms with Gasteiger partial charge in [-0.3, -0.25) is 4.90 Å². The lowest BCUT2D eigenvalue weighted by molar-refractivity contribution is 0.0600. The summed E-state index contributed by atoms with van der Waals surface area (Å²) in [5, 5.41) is 0. The lowest BCUT2D eigenvalue weighted by Gasteiger charge is -2.28. The number of hydrogen-bond donors (Lipinski definition) is 0. The molecule has 0 aromatic heterocycles. The zero-order valence-electron chi connectivity index (χ0n) is 12.2. The summed E-state index contributed by atoms with van der Waals surface area (Å²) in [6.45, 7) is 2.99. The van der Waals surface area contributed by atoms with Gasteiger partial charge < -0.3 is 4.74 Å². The van der Waals surface area contributed by atoms with Crippen LogP contribution in [0.2, 0.25) is 0 Å². The van der Waals surface area contributed by atoms with Crippen molar-refractivity contribution in [1.82, 2.24) is 4.90 Å². The van der Waals surface area contributed by atoms with Crippen LogP contribution in [-0.2, 0) is 24.2 Å². The normalized spacial score (nSPS) is 14.5. The second kappa shape index (κ2) is 6.10. The highest BCUT2D eigenvalue weighted by Crippen LogP contribution is 2.20. The van der Waals surface area contributed by atoms with Gasteiger partial charge >= 0.3 is 5.97 Å². The molecular formula is C18H19NO2. The van der Waals surface area contributed by atoms with E-state index < -0.39 is 0 Å². The number of methoxy groups -OCH3 is 1. The zero-order chi connectivity index (χ0) is 14.7. The minimum atomic E-state index is -0.284. The summed E-state index contributed by atoms with van der Waals surface area (Å²) in [5.74, 6) is -0.284. The average Bonchev–Trinajstić information content (AvgIpc) is 2.55. The topological polar surface area (TPSA) is 29.5 Å². The second-order valence-electron chi connectivity index (χ2n) is 5.42. The van der Waals surface area contributed by atoms with E-state index in [0.717, 1.165) is 26.1 Å². The van der Waals surface area contributed by atoms with E-state index in [4.69, 9.17) is 4.74 Å². The molecule has 0 bridgehead atoms. The Morgan fingerprint density at radius 2 is 1.81 bits per heavy atom. The van der Waals surface area contributed by atoms with Gasteiger partial charge in [0.25, 0.3) is 0 Å². The molecule has 1 heterocycles. The first-order valence-electron chi connectivity index (χ1n) is 7.22. The molecule has 1 aliphatic heterocycles. The summed E-state index contributed by atoms with van der Waals surface area (Å²) in [6, 6.07) is 16.3. The monoisotopic (exact) mass is 281 g/mol. The Labute approximate surface area is 125 Å². The van der Waals surface area contributed by atoms with E-state index in [2.05, 4.69) is 29.2 Å².